The van der Waals surface area contributed by atoms with Crippen LogP contribution in [0.3, 0.4) is 0 Å². The van der Waals surface area contributed by atoms with Gasteiger partial charge in [-0.2, -0.15) is 0 Å². The molecule has 0 aliphatic heterocycles. The molecule has 0 N–H and O–H groups in total. The molecule has 2 heterocycles. The second-order valence-corrected chi connectivity index (χ2v) is 4.64. The summed E-state index contributed by atoms with van der Waals surface area (Å²) in [7, 11) is 0. The van der Waals surface area contributed by atoms with Crippen molar-refractivity contribution in [1.29, 1.82) is 0 Å². The largest absolute Gasteiger partial charge is 0.460 e. The molecule has 110 valence electrons. The van der Waals surface area contributed by atoms with E-state index >= 15 is 0 Å². The Morgan fingerprint density at radius 3 is 2.86 bits per heavy atom. The summed E-state index contributed by atoms with van der Waals surface area (Å²) in [6, 6.07) is 10.4. The molecule has 0 atom stereocenters. The van der Waals surface area contributed by atoms with Gasteiger partial charge < -0.3 is 4.74 Å². The number of nitrogens with zero attached hydrogens (tertiary/aromatic N) is 3. The van der Waals surface area contributed by atoms with Crippen molar-refractivity contribution in [2.75, 3.05) is 6.61 Å². The highest BCUT2D eigenvalue weighted by Crippen LogP contribution is 2.04. The van der Waals surface area contributed by atoms with Gasteiger partial charge in [0.05, 0.1) is 29.3 Å². The lowest BCUT2D eigenvalue weighted by Gasteiger charge is -2.07. The Balaban J connectivity index is 1.68. The van der Waals surface area contributed by atoms with Gasteiger partial charge in [0.2, 0.25) is 0 Å². The quantitative estimate of drug-likeness (QED) is 0.684. The molecule has 0 aliphatic rings. The van der Waals surface area contributed by atoms with Gasteiger partial charge in [0.25, 0.3) is 5.56 Å². The smallest absolute Gasteiger partial charge is 0.339 e. The van der Waals surface area contributed by atoms with Crippen molar-refractivity contribution in [3.63, 3.8) is 0 Å². The minimum atomic E-state index is -0.463. The molecule has 0 saturated carbocycles. The molecule has 0 amide bonds. The van der Waals surface area contributed by atoms with Gasteiger partial charge in [0, 0.05) is 12.4 Å². The number of fused-ring (bicyclic) bond motifs is 1. The van der Waals surface area contributed by atoms with Gasteiger partial charge in [0.1, 0.15) is 6.61 Å². The van der Waals surface area contributed by atoms with Crippen molar-refractivity contribution < 1.29 is 9.53 Å². The fourth-order valence-corrected chi connectivity index (χ4v) is 2.07. The van der Waals surface area contributed by atoms with Gasteiger partial charge >= 0.3 is 5.97 Å². The molecule has 6 heteroatoms. The first-order chi connectivity index (χ1) is 10.8. The normalized spacial score (nSPS) is 10.5. The van der Waals surface area contributed by atoms with Crippen LogP contribution < -0.4 is 5.56 Å². The van der Waals surface area contributed by atoms with Gasteiger partial charge in [-0.1, -0.05) is 12.1 Å². The number of hydrogen-bond acceptors (Lipinski definition) is 5. The second kappa shape index (κ2) is 6.17. The molecule has 2 aromatic heterocycles. The van der Waals surface area contributed by atoms with Crippen LogP contribution >= 0.6 is 0 Å². The van der Waals surface area contributed by atoms with Crippen LogP contribution in [0, 0.1) is 0 Å². The molecule has 0 bridgehead atoms. The molecular formula is C16H13N3O3. The average Bonchev–Trinajstić information content (AvgIpc) is 2.58. The Hall–Kier alpha value is -3.02. The monoisotopic (exact) mass is 295 g/mol. The van der Waals surface area contributed by atoms with Crippen LogP contribution in [0.1, 0.15) is 10.4 Å². The van der Waals surface area contributed by atoms with Crippen molar-refractivity contribution in [2.45, 2.75) is 6.54 Å². The number of carbonyl (C=O) groups is 1. The fraction of sp³-hybridized carbons (Fsp3) is 0.125. The van der Waals surface area contributed by atoms with Gasteiger partial charge in [-0.05, 0) is 24.3 Å². The number of rotatable bonds is 4. The highest BCUT2D eigenvalue weighted by molar-refractivity contribution is 5.88. The topological polar surface area (TPSA) is 74.1 Å². The number of pyridine rings is 1. The van der Waals surface area contributed by atoms with Crippen LogP contribution in [-0.4, -0.2) is 27.1 Å². The first kappa shape index (κ1) is 13.9. The maximum Gasteiger partial charge on any atom is 0.339 e. The van der Waals surface area contributed by atoms with Gasteiger partial charge in [0.15, 0.2) is 0 Å². The third kappa shape index (κ3) is 2.85. The lowest BCUT2D eigenvalue weighted by molar-refractivity contribution is 0.0489. The predicted molar refractivity (Wildman–Crippen MR) is 80.5 cm³/mol. The predicted octanol–water partition coefficient (Wildman–Crippen LogP) is 1.65. The molecular weight excluding hydrogens is 282 g/mol. The number of para-hydroxylation sites is 1. The molecule has 3 aromatic rings. The summed E-state index contributed by atoms with van der Waals surface area (Å²) in [5.74, 6) is -0.463. The first-order valence-electron chi connectivity index (χ1n) is 6.77. The molecule has 0 fully saturated rings. The van der Waals surface area contributed by atoms with Gasteiger partial charge in [-0.25, -0.2) is 9.78 Å². The highest BCUT2D eigenvalue weighted by Gasteiger charge is 2.07. The van der Waals surface area contributed by atoms with Crippen LogP contribution in [0.4, 0.5) is 0 Å². The number of esters is 1. The van der Waals surface area contributed by atoms with E-state index in [-0.39, 0.29) is 18.7 Å². The van der Waals surface area contributed by atoms with Crippen molar-refractivity contribution >= 4 is 16.9 Å². The molecule has 22 heavy (non-hydrogen) atoms. The Bertz CT molecular complexity index is 859. The van der Waals surface area contributed by atoms with E-state index in [1.165, 1.54) is 17.1 Å². The highest BCUT2D eigenvalue weighted by atomic mass is 16.5. The summed E-state index contributed by atoms with van der Waals surface area (Å²) >= 11 is 0. The molecule has 3 rings (SSSR count). The molecule has 0 saturated heterocycles. The lowest BCUT2D eigenvalue weighted by atomic mass is 10.2. The van der Waals surface area contributed by atoms with E-state index in [1.807, 2.05) is 6.07 Å². The summed E-state index contributed by atoms with van der Waals surface area (Å²) in [5, 5.41) is 0.545. The Morgan fingerprint density at radius 2 is 2.05 bits per heavy atom. The summed E-state index contributed by atoms with van der Waals surface area (Å²) in [6.45, 7) is 0.344. The minimum absolute atomic E-state index is 0.0909. The van der Waals surface area contributed by atoms with E-state index in [9.17, 15) is 9.59 Å². The second-order valence-electron chi connectivity index (χ2n) is 4.64. The molecule has 0 radical (unpaired) electrons. The number of hydrogen-bond donors (Lipinski definition) is 0. The van der Waals surface area contributed by atoms with Gasteiger partial charge in [-0.3, -0.25) is 14.3 Å². The summed E-state index contributed by atoms with van der Waals surface area (Å²) < 4.78 is 6.56. The van der Waals surface area contributed by atoms with Crippen molar-refractivity contribution in [1.82, 2.24) is 14.5 Å². The zero-order valence-electron chi connectivity index (χ0n) is 11.7. The van der Waals surface area contributed by atoms with Crippen molar-refractivity contribution in [3.05, 3.63) is 71.0 Å². The Labute approximate surface area is 126 Å². The van der Waals surface area contributed by atoms with E-state index in [0.29, 0.717) is 16.5 Å². The fourth-order valence-electron chi connectivity index (χ4n) is 2.07. The minimum Gasteiger partial charge on any atom is -0.460 e. The van der Waals surface area contributed by atoms with E-state index in [4.69, 9.17) is 4.74 Å². The van der Waals surface area contributed by atoms with Crippen LogP contribution in [0.15, 0.2) is 59.9 Å². The summed E-state index contributed by atoms with van der Waals surface area (Å²) in [4.78, 5) is 32.1. The van der Waals surface area contributed by atoms with E-state index < -0.39 is 5.97 Å². The average molecular weight is 295 g/mol. The number of ether oxygens (including phenoxy) is 1. The standard InChI is InChI=1S/C16H13N3O3/c20-15-13-5-1-2-6-14(13)18-11-19(15)8-9-22-16(21)12-4-3-7-17-10-12/h1-7,10-11H,8-9H2. The van der Waals surface area contributed by atoms with E-state index in [2.05, 4.69) is 9.97 Å². The number of carbonyl (C=O) groups excluding carboxylic acids is 1. The first-order valence-corrected chi connectivity index (χ1v) is 6.77. The Kier molecular flexibility index (Phi) is 3.91. The summed E-state index contributed by atoms with van der Waals surface area (Å²) in [5.41, 5.74) is 0.880. The van der Waals surface area contributed by atoms with Crippen LogP contribution in [0.5, 0.6) is 0 Å². The third-order valence-electron chi connectivity index (χ3n) is 3.19. The SMILES string of the molecule is O=C(OCCn1cnc2ccccc2c1=O)c1cccnc1. The maximum absolute atomic E-state index is 12.2. The molecule has 0 spiro atoms. The molecule has 6 nitrogen and oxygen atoms in total. The lowest BCUT2D eigenvalue weighted by Crippen LogP contribution is -2.23. The molecule has 0 unspecified atom stereocenters. The number of benzene rings is 1. The third-order valence-corrected chi connectivity index (χ3v) is 3.19. The van der Waals surface area contributed by atoms with E-state index in [0.717, 1.165) is 0 Å². The van der Waals surface area contributed by atoms with Crippen molar-refractivity contribution in [3.8, 4) is 0 Å². The Morgan fingerprint density at radius 1 is 1.18 bits per heavy atom. The molecule has 0 aliphatic carbocycles. The van der Waals surface area contributed by atoms with Crippen LogP contribution in [0.2, 0.25) is 0 Å². The van der Waals surface area contributed by atoms with E-state index in [1.54, 1.807) is 36.5 Å². The van der Waals surface area contributed by atoms with Crippen LogP contribution in [0.25, 0.3) is 10.9 Å². The molecule has 1 aromatic carbocycles. The number of aromatic nitrogens is 3. The van der Waals surface area contributed by atoms with Gasteiger partial charge in [-0.15, -0.1) is 0 Å². The maximum atomic E-state index is 12.2. The zero-order chi connectivity index (χ0) is 15.4. The van der Waals surface area contributed by atoms with Crippen molar-refractivity contribution in [2.24, 2.45) is 0 Å². The zero-order valence-corrected chi connectivity index (χ0v) is 11.7. The summed E-state index contributed by atoms with van der Waals surface area (Å²) in [6.07, 6.45) is 4.48. The van der Waals surface area contributed by atoms with Crippen LogP contribution in [-0.2, 0) is 11.3 Å².